The van der Waals surface area contributed by atoms with Gasteiger partial charge in [0.15, 0.2) is 6.10 Å². The lowest BCUT2D eigenvalue weighted by Gasteiger charge is -2.16. The molecule has 2 aromatic rings. The van der Waals surface area contributed by atoms with Crippen LogP contribution in [0.15, 0.2) is 42.5 Å². The Labute approximate surface area is 104 Å². The van der Waals surface area contributed by atoms with Gasteiger partial charge in [0.25, 0.3) is 0 Å². The van der Waals surface area contributed by atoms with E-state index in [9.17, 15) is 15.0 Å². The number of carbonyl (C=O) groups excluding carboxylic acids is 1. The molecule has 2 unspecified atom stereocenters. The third-order valence-corrected chi connectivity index (χ3v) is 2.86. The Morgan fingerprint density at radius 3 is 2.44 bits per heavy atom. The fraction of sp³-hybridized carbons (Fsp3) is 0.214. The van der Waals surface area contributed by atoms with Crippen LogP contribution >= 0.6 is 0 Å². The number of rotatable bonds is 3. The lowest BCUT2D eigenvalue weighted by atomic mass is 10.0. The molecule has 2 rings (SSSR count). The van der Waals surface area contributed by atoms with Gasteiger partial charge in [0.2, 0.25) is 0 Å². The van der Waals surface area contributed by atoms with Crippen LogP contribution in [0.25, 0.3) is 10.8 Å². The van der Waals surface area contributed by atoms with Gasteiger partial charge in [0.05, 0.1) is 7.11 Å². The van der Waals surface area contributed by atoms with Crippen molar-refractivity contribution in [2.75, 3.05) is 7.11 Å². The minimum atomic E-state index is -1.57. The van der Waals surface area contributed by atoms with E-state index in [0.29, 0.717) is 5.56 Å². The third-order valence-electron chi connectivity index (χ3n) is 2.86. The molecule has 0 aliphatic heterocycles. The molecule has 2 aromatic carbocycles. The number of hydrogen-bond donors (Lipinski definition) is 2. The van der Waals surface area contributed by atoms with Crippen molar-refractivity contribution in [2.24, 2.45) is 0 Å². The zero-order valence-electron chi connectivity index (χ0n) is 9.91. The first-order valence-electron chi connectivity index (χ1n) is 5.56. The predicted molar refractivity (Wildman–Crippen MR) is 66.9 cm³/mol. The van der Waals surface area contributed by atoms with E-state index in [4.69, 9.17) is 0 Å². The molecule has 94 valence electrons. The summed E-state index contributed by atoms with van der Waals surface area (Å²) in [5, 5.41) is 21.5. The number of hydrogen-bond acceptors (Lipinski definition) is 4. The molecule has 0 aliphatic carbocycles. The van der Waals surface area contributed by atoms with Crippen LogP contribution < -0.4 is 0 Å². The van der Waals surface area contributed by atoms with Crippen LogP contribution in [0.1, 0.15) is 11.7 Å². The first-order chi connectivity index (χ1) is 8.63. The smallest absolute Gasteiger partial charge is 0.337 e. The van der Waals surface area contributed by atoms with E-state index in [-0.39, 0.29) is 0 Å². The third kappa shape index (κ3) is 2.34. The molecule has 0 aliphatic rings. The van der Waals surface area contributed by atoms with Crippen LogP contribution in [-0.2, 0) is 9.53 Å². The van der Waals surface area contributed by atoms with Crippen molar-refractivity contribution >= 4 is 16.7 Å². The number of fused-ring (bicyclic) bond motifs is 1. The molecule has 2 N–H and O–H groups in total. The summed E-state index contributed by atoms with van der Waals surface area (Å²) < 4.78 is 4.39. The number of esters is 1. The highest BCUT2D eigenvalue weighted by atomic mass is 16.5. The summed E-state index contributed by atoms with van der Waals surface area (Å²) in [5.74, 6) is -0.851. The summed E-state index contributed by atoms with van der Waals surface area (Å²) in [4.78, 5) is 11.2. The van der Waals surface area contributed by atoms with Crippen LogP contribution in [0.3, 0.4) is 0 Å². The molecule has 4 heteroatoms. The van der Waals surface area contributed by atoms with Gasteiger partial charge in [-0.05, 0) is 22.4 Å². The maximum atomic E-state index is 11.2. The second-order valence-corrected chi connectivity index (χ2v) is 4.02. The van der Waals surface area contributed by atoms with Crippen LogP contribution in [0, 0.1) is 0 Å². The zero-order valence-corrected chi connectivity index (χ0v) is 9.91. The van der Waals surface area contributed by atoms with Crippen molar-refractivity contribution < 1.29 is 19.7 Å². The maximum Gasteiger partial charge on any atom is 0.337 e. The van der Waals surface area contributed by atoms with Crippen LogP contribution in [0.4, 0.5) is 0 Å². The number of carbonyl (C=O) groups is 1. The number of benzene rings is 2. The Morgan fingerprint density at radius 1 is 1.11 bits per heavy atom. The highest BCUT2D eigenvalue weighted by Gasteiger charge is 2.26. The largest absolute Gasteiger partial charge is 0.467 e. The Hall–Kier alpha value is -1.91. The fourth-order valence-electron chi connectivity index (χ4n) is 1.82. The van der Waals surface area contributed by atoms with Crippen molar-refractivity contribution in [3.8, 4) is 0 Å². The van der Waals surface area contributed by atoms with Gasteiger partial charge in [-0.3, -0.25) is 0 Å². The van der Waals surface area contributed by atoms with Gasteiger partial charge in [-0.2, -0.15) is 0 Å². The summed E-state index contributed by atoms with van der Waals surface area (Å²) in [6, 6.07) is 12.9. The molecular formula is C14H14O4. The molecule has 0 spiro atoms. The van der Waals surface area contributed by atoms with E-state index in [1.165, 1.54) is 7.11 Å². The Balaban J connectivity index is 2.33. The van der Waals surface area contributed by atoms with Gasteiger partial charge in [-0.1, -0.05) is 36.4 Å². The molecule has 2 atom stereocenters. The van der Waals surface area contributed by atoms with Crippen molar-refractivity contribution in [2.45, 2.75) is 12.2 Å². The molecule has 0 aromatic heterocycles. The number of ether oxygens (including phenoxy) is 1. The molecule has 4 nitrogen and oxygen atoms in total. The van der Waals surface area contributed by atoms with E-state index in [1.807, 2.05) is 30.3 Å². The first-order valence-corrected chi connectivity index (χ1v) is 5.56. The average molecular weight is 246 g/mol. The Morgan fingerprint density at radius 2 is 1.78 bits per heavy atom. The predicted octanol–water partition coefficient (Wildman–Crippen LogP) is 1.41. The average Bonchev–Trinajstić information content (AvgIpc) is 2.44. The normalized spacial score (nSPS) is 14.2. The van der Waals surface area contributed by atoms with Gasteiger partial charge in [0.1, 0.15) is 6.10 Å². The van der Waals surface area contributed by atoms with Crippen LogP contribution in [-0.4, -0.2) is 29.4 Å². The van der Waals surface area contributed by atoms with E-state index >= 15 is 0 Å². The van der Waals surface area contributed by atoms with Gasteiger partial charge >= 0.3 is 5.97 Å². The lowest BCUT2D eigenvalue weighted by molar-refractivity contribution is -0.156. The Kier molecular flexibility index (Phi) is 3.60. The van der Waals surface area contributed by atoms with Crippen molar-refractivity contribution in [3.05, 3.63) is 48.0 Å². The van der Waals surface area contributed by atoms with E-state index in [0.717, 1.165) is 10.8 Å². The summed E-state index contributed by atoms with van der Waals surface area (Å²) in [7, 11) is 1.17. The molecule has 0 saturated heterocycles. The molecule has 18 heavy (non-hydrogen) atoms. The van der Waals surface area contributed by atoms with Crippen molar-refractivity contribution in [1.29, 1.82) is 0 Å². The molecule has 0 fully saturated rings. The number of methoxy groups -OCH3 is 1. The van der Waals surface area contributed by atoms with Crippen LogP contribution in [0.2, 0.25) is 0 Å². The summed E-state index contributed by atoms with van der Waals surface area (Å²) in [6.07, 6.45) is -2.86. The molecular weight excluding hydrogens is 232 g/mol. The second kappa shape index (κ2) is 5.16. The summed E-state index contributed by atoms with van der Waals surface area (Å²) >= 11 is 0. The molecule has 0 bridgehead atoms. The monoisotopic (exact) mass is 246 g/mol. The Bertz CT molecular complexity index is 564. The van der Waals surface area contributed by atoms with Gasteiger partial charge < -0.3 is 14.9 Å². The fourth-order valence-corrected chi connectivity index (χ4v) is 1.82. The second-order valence-electron chi connectivity index (χ2n) is 4.02. The summed E-state index contributed by atoms with van der Waals surface area (Å²) in [6.45, 7) is 0. The van der Waals surface area contributed by atoms with Crippen LogP contribution in [0.5, 0.6) is 0 Å². The molecule has 0 saturated carbocycles. The molecule has 0 radical (unpaired) electrons. The number of aliphatic hydroxyl groups excluding tert-OH is 2. The van der Waals surface area contributed by atoms with Crippen molar-refractivity contribution in [1.82, 2.24) is 0 Å². The number of aliphatic hydroxyl groups is 2. The lowest BCUT2D eigenvalue weighted by Crippen LogP contribution is -2.28. The van der Waals surface area contributed by atoms with E-state index < -0.39 is 18.2 Å². The minimum absolute atomic E-state index is 0.478. The van der Waals surface area contributed by atoms with E-state index in [2.05, 4.69) is 4.74 Å². The summed E-state index contributed by atoms with van der Waals surface area (Å²) in [5.41, 5.74) is 0.478. The molecule has 0 heterocycles. The zero-order chi connectivity index (χ0) is 13.1. The standard InChI is InChI=1S/C14H14O4/c1-18-14(17)13(16)12(15)11-7-6-9-4-2-3-5-10(9)8-11/h2-8,12-13,15-16H,1H3. The van der Waals surface area contributed by atoms with Gasteiger partial charge in [-0.25, -0.2) is 4.79 Å². The highest BCUT2D eigenvalue weighted by molar-refractivity contribution is 5.83. The quantitative estimate of drug-likeness (QED) is 0.803. The topological polar surface area (TPSA) is 66.8 Å². The minimum Gasteiger partial charge on any atom is -0.467 e. The maximum absolute atomic E-state index is 11.2. The SMILES string of the molecule is COC(=O)C(O)C(O)c1ccc2ccccc2c1. The van der Waals surface area contributed by atoms with Crippen molar-refractivity contribution in [3.63, 3.8) is 0 Å². The van der Waals surface area contributed by atoms with Gasteiger partial charge in [0, 0.05) is 0 Å². The van der Waals surface area contributed by atoms with E-state index in [1.54, 1.807) is 12.1 Å². The highest BCUT2D eigenvalue weighted by Crippen LogP contribution is 2.22. The van der Waals surface area contributed by atoms with Gasteiger partial charge in [-0.15, -0.1) is 0 Å². The molecule has 0 amide bonds. The first kappa shape index (κ1) is 12.5.